The van der Waals surface area contributed by atoms with Crippen molar-refractivity contribution >= 4 is 17.9 Å². The number of ether oxygens (including phenoxy) is 2. The first kappa shape index (κ1) is 49.9. The van der Waals surface area contributed by atoms with Crippen molar-refractivity contribution in [3.63, 3.8) is 0 Å². The average molecular weight is 735 g/mol. The molecule has 1 N–H and O–H groups in total. The number of carbonyl (C=O) groups is 3. The summed E-state index contributed by atoms with van der Waals surface area (Å²) in [4.78, 5) is 36.9. The summed E-state index contributed by atoms with van der Waals surface area (Å²) in [6, 6.07) is 0. The first-order chi connectivity index (χ1) is 25.1. The van der Waals surface area contributed by atoms with E-state index in [1.54, 1.807) is 6.92 Å². The Morgan fingerprint density at radius 2 is 0.904 bits per heavy atom. The number of allylic oxidation sites excluding steroid dienone is 4. The van der Waals surface area contributed by atoms with Crippen molar-refractivity contribution < 1.29 is 33.4 Å². The molecule has 0 saturated heterocycles. The highest BCUT2D eigenvalue weighted by Gasteiger charge is 2.30. The summed E-state index contributed by atoms with van der Waals surface area (Å²) < 4.78 is 11.8. The van der Waals surface area contributed by atoms with E-state index in [1.807, 2.05) is 14.1 Å². The second kappa shape index (κ2) is 35.9. The number of carboxylic acids is 1. The topological polar surface area (TPSA) is 89.9 Å². The molecule has 7 heteroatoms. The zero-order chi connectivity index (χ0) is 38.5. The molecule has 0 fully saturated rings. The van der Waals surface area contributed by atoms with E-state index in [0.29, 0.717) is 30.4 Å². The van der Waals surface area contributed by atoms with Gasteiger partial charge in [-0.2, -0.15) is 0 Å². The molecule has 2 unspecified atom stereocenters. The maximum Gasteiger partial charge on any atom is 0.311 e. The molecule has 0 aliphatic carbocycles. The van der Waals surface area contributed by atoms with Crippen LogP contribution in [0.4, 0.5) is 0 Å². The molecule has 0 bridgehead atoms. The molecule has 52 heavy (non-hydrogen) atoms. The molecule has 0 aliphatic rings. The Labute approximate surface area is 321 Å². The second-order valence-corrected chi connectivity index (χ2v) is 16.0. The highest BCUT2D eigenvalue weighted by Crippen LogP contribution is 2.15. The third kappa shape index (κ3) is 34.9. The van der Waals surface area contributed by atoms with Crippen LogP contribution < -0.4 is 0 Å². The summed E-state index contributed by atoms with van der Waals surface area (Å²) >= 11 is 0. The quantitative estimate of drug-likeness (QED) is 0.0294. The Hall–Kier alpha value is -2.15. The van der Waals surface area contributed by atoms with Crippen LogP contribution in [0.2, 0.25) is 0 Å². The minimum Gasteiger partial charge on any atom is -0.481 e. The minimum atomic E-state index is -0.852. The Bertz CT molecular complexity index is 913. The maximum absolute atomic E-state index is 12.8. The van der Waals surface area contributed by atoms with Crippen LogP contribution in [0.3, 0.4) is 0 Å². The molecule has 0 rings (SSSR count). The molecule has 0 amide bonds. The Morgan fingerprint density at radius 3 is 1.31 bits per heavy atom. The predicted octanol–water partition coefficient (Wildman–Crippen LogP) is 12.3. The normalized spacial score (nSPS) is 13.2. The van der Waals surface area contributed by atoms with E-state index in [0.717, 1.165) is 51.4 Å². The number of carbonyl (C=O) groups excluding carboxylic acids is 2. The molecule has 7 nitrogen and oxygen atoms in total. The molecule has 0 saturated carbocycles. The fraction of sp³-hybridized carbons (Fsp3) is 0.844. The van der Waals surface area contributed by atoms with Gasteiger partial charge in [0.05, 0.1) is 20.6 Å². The van der Waals surface area contributed by atoms with Gasteiger partial charge < -0.3 is 19.1 Å². The van der Waals surface area contributed by atoms with Gasteiger partial charge in [-0.3, -0.25) is 14.4 Å². The number of unbranched alkanes of at least 4 members (excludes halogenated alkanes) is 22. The Balaban J connectivity index is 4.33. The highest BCUT2D eigenvalue weighted by atomic mass is 16.6. The molecular weight excluding hydrogens is 650 g/mol. The van der Waals surface area contributed by atoms with E-state index in [1.165, 1.54) is 116 Å². The molecule has 0 aliphatic heterocycles. The molecule has 304 valence electrons. The molecular formula is C45H84NO6+. The van der Waals surface area contributed by atoms with Gasteiger partial charge >= 0.3 is 17.9 Å². The molecule has 0 aromatic carbocycles. The Morgan fingerprint density at radius 1 is 0.538 bits per heavy atom. The molecule has 2 atom stereocenters. The van der Waals surface area contributed by atoms with Crippen LogP contribution in [0.1, 0.15) is 201 Å². The van der Waals surface area contributed by atoms with Gasteiger partial charge in [0.15, 0.2) is 6.10 Å². The number of esters is 2. The lowest BCUT2D eigenvalue weighted by Gasteiger charge is -2.34. The lowest BCUT2D eigenvalue weighted by molar-refractivity contribution is -0.895. The summed E-state index contributed by atoms with van der Waals surface area (Å²) in [5, 5.41) is 9.42. The van der Waals surface area contributed by atoms with Crippen LogP contribution in [0.5, 0.6) is 0 Å². The van der Waals surface area contributed by atoms with E-state index < -0.39 is 18.0 Å². The van der Waals surface area contributed by atoms with Gasteiger partial charge in [-0.25, -0.2) is 0 Å². The number of likely N-dealkylation sites (N-methyl/N-ethyl adjacent to an activating group) is 1. The number of quaternary nitrogens is 1. The summed E-state index contributed by atoms with van der Waals surface area (Å²) in [5.74, 6) is -1.93. The number of nitrogens with zero attached hydrogens (tertiary/aromatic N) is 1. The Kier molecular flexibility index (Phi) is 34.4. The van der Waals surface area contributed by atoms with Crippen LogP contribution >= 0.6 is 0 Å². The monoisotopic (exact) mass is 735 g/mol. The summed E-state index contributed by atoms with van der Waals surface area (Å²) in [6.45, 7) is 6.98. The van der Waals surface area contributed by atoms with Gasteiger partial charge in [-0.15, -0.1) is 0 Å². The lowest BCUT2D eigenvalue weighted by Crippen LogP contribution is -2.51. The van der Waals surface area contributed by atoms with Crippen molar-refractivity contribution in [1.29, 1.82) is 0 Å². The van der Waals surface area contributed by atoms with Gasteiger partial charge in [0, 0.05) is 12.8 Å². The number of hydrogen-bond donors (Lipinski definition) is 1. The van der Waals surface area contributed by atoms with E-state index in [2.05, 4.69) is 38.2 Å². The van der Waals surface area contributed by atoms with Crippen LogP contribution in [0, 0.1) is 5.92 Å². The highest BCUT2D eigenvalue weighted by molar-refractivity contribution is 5.70. The molecule has 0 heterocycles. The van der Waals surface area contributed by atoms with Crippen LogP contribution in [-0.2, 0) is 23.9 Å². The third-order valence-electron chi connectivity index (χ3n) is 9.90. The van der Waals surface area contributed by atoms with E-state index in [-0.39, 0.29) is 18.5 Å². The van der Waals surface area contributed by atoms with Gasteiger partial charge in [0.2, 0.25) is 0 Å². The van der Waals surface area contributed by atoms with Crippen LogP contribution in [0.25, 0.3) is 0 Å². The first-order valence-electron chi connectivity index (χ1n) is 21.8. The molecule has 0 aromatic heterocycles. The molecule has 0 radical (unpaired) electrons. The third-order valence-corrected chi connectivity index (χ3v) is 9.90. The number of aliphatic carboxylic acids is 1. The van der Waals surface area contributed by atoms with Gasteiger partial charge in [-0.1, -0.05) is 141 Å². The zero-order valence-electron chi connectivity index (χ0n) is 34.8. The van der Waals surface area contributed by atoms with E-state index in [4.69, 9.17) is 9.47 Å². The maximum atomic E-state index is 12.8. The fourth-order valence-corrected chi connectivity index (χ4v) is 6.75. The number of carboxylic acid groups (broad SMARTS) is 1. The van der Waals surface area contributed by atoms with Gasteiger partial charge in [0.1, 0.15) is 19.1 Å². The predicted molar refractivity (Wildman–Crippen MR) is 218 cm³/mol. The van der Waals surface area contributed by atoms with Crippen molar-refractivity contribution in [2.75, 3.05) is 33.8 Å². The van der Waals surface area contributed by atoms with Crippen molar-refractivity contribution in [2.45, 2.75) is 207 Å². The van der Waals surface area contributed by atoms with Crippen molar-refractivity contribution in [3.8, 4) is 0 Å². The van der Waals surface area contributed by atoms with Crippen molar-refractivity contribution in [1.82, 2.24) is 0 Å². The SMILES string of the molecule is CCCCCCCCC=CCCCCCCCC(=O)OCC(C[N+](C)(C)CC(C)C(=O)O)OC(=O)CCCCCCCC=CCCCCCCCC. The summed E-state index contributed by atoms with van der Waals surface area (Å²) in [6.07, 6.45) is 40.7. The van der Waals surface area contributed by atoms with Crippen LogP contribution in [0.15, 0.2) is 24.3 Å². The zero-order valence-corrected chi connectivity index (χ0v) is 34.8. The van der Waals surface area contributed by atoms with Crippen molar-refractivity contribution in [2.24, 2.45) is 5.92 Å². The minimum absolute atomic E-state index is 0.00511. The standard InChI is InChI=1S/C45H83NO6/c1-6-8-10-12-14-16-18-20-22-24-26-28-30-32-34-36-43(47)51-40-42(39-46(4,5)38-41(3)45(49)50)52-44(48)37-35-33-31-29-27-25-23-21-19-17-15-13-11-9-7-2/h20-23,41-42H,6-19,24-40H2,1-5H3/p+1. The van der Waals surface area contributed by atoms with Gasteiger partial charge in [-0.05, 0) is 71.1 Å². The summed E-state index contributed by atoms with van der Waals surface area (Å²) in [7, 11) is 3.86. The summed E-state index contributed by atoms with van der Waals surface area (Å²) in [5.41, 5.74) is 0. The number of hydrogen-bond acceptors (Lipinski definition) is 5. The largest absolute Gasteiger partial charge is 0.481 e. The number of rotatable bonds is 38. The van der Waals surface area contributed by atoms with Crippen molar-refractivity contribution in [3.05, 3.63) is 24.3 Å². The lowest BCUT2D eigenvalue weighted by atomic mass is 10.1. The van der Waals surface area contributed by atoms with E-state index in [9.17, 15) is 19.5 Å². The molecule has 0 spiro atoms. The second-order valence-electron chi connectivity index (χ2n) is 16.0. The fourth-order valence-electron chi connectivity index (χ4n) is 6.75. The van der Waals surface area contributed by atoms with Crippen LogP contribution in [-0.4, -0.2) is 67.4 Å². The van der Waals surface area contributed by atoms with Gasteiger partial charge in [0.25, 0.3) is 0 Å². The van der Waals surface area contributed by atoms with E-state index >= 15 is 0 Å². The first-order valence-corrected chi connectivity index (χ1v) is 21.8. The smallest absolute Gasteiger partial charge is 0.311 e. The average Bonchev–Trinajstić information content (AvgIpc) is 3.10. The molecule has 0 aromatic rings.